The molecule has 1 saturated heterocycles. The number of thiophene rings is 1. The minimum absolute atomic E-state index is 0.126. The molecule has 1 N–H and O–H groups in total. The van der Waals surface area contributed by atoms with Gasteiger partial charge in [0.1, 0.15) is 5.58 Å². The minimum atomic E-state index is -1.06. The molecule has 0 radical (unpaired) electrons. The quantitative estimate of drug-likeness (QED) is 0.183. The fourth-order valence-corrected chi connectivity index (χ4v) is 5.10. The Balaban J connectivity index is 1.31. The number of carbonyl (C=O) groups is 3. The molecule has 1 aliphatic heterocycles. The van der Waals surface area contributed by atoms with Crippen LogP contribution in [-0.4, -0.2) is 34.2 Å². The summed E-state index contributed by atoms with van der Waals surface area (Å²) < 4.78 is 10.5. The average Bonchev–Trinajstić information content (AvgIpc) is 3.41. The number of hydrogen-bond donors (Lipinski definition) is 1. The Morgan fingerprint density at radius 1 is 1.19 bits per heavy atom. The van der Waals surface area contributed by atoms with Crippen LogP contribution in [0.15, 0.2) is 39.5 Å². The maximum absolute atomic E-state index is 12.6. The van der Waals surface area contributed by atoms with E-state index in [2.05, 4.69) is 0 Å². The lowest BCUT2D eigenvalue weighted by molar-refractivity contribution is -0.220. The molecule has 3 aromatic rings. The number of fused-ring (bicyclic) bond motifs is 1. The van der Waals surface area contributed by atoms with Gasteiger partial charge in [0.2, 0.25) is 0 Å². The standard InChI is InChI=1S/C25H24ClNO8S/c1-14(28)33-20-13-19-15(12-18(20)26)11-17(25(32)34-19)21-8-7-16(36-21)5-3-2-4-6-24(31)35-27-22(29)9-10-23(27)30/h7-8,11-13,22,29H,2-6,9-10H2,1H3. The molecular weight excluding hydrogens is 510 g/mol. The Morgan fingerprint density at radius 3 is 2.72 bits per heavy atom. The normalized spacial score (nSPS) is 15.5. The van der Waals surface area contributed by atoms with E-state index in [-0.39, 0.29) is 41.5 Å². The average molecular weight is 534 g/mol. The highest BCUT2D eigenvalue weighted by Gasteiger charge is 2.32. The molecule has 1 unspecified atom stereocenters. The molecule has 190 valence electrons. The van der Waals surface area contributed by atoms with Crippen LogP contribution in [0.1, 0.15) is 50.3 Å². The number of esters is 1. The second-order valence-electron chi connectivity index (χ2n) is 8.39. The van der Waals surface area contributed by atoms with Gasteiger partial charge in [-0.3, -0.25) is 9.59 Å². The van der Waals surface area contributed by atoms with Gasteiger partial charge in [-0.15, -0.1) is 16.4 Å². The van der Waals surface area contributed by atoms with Crippen molar-refractivity contribution in [1.82, 2.24) is 5.06 Å². The van der Waals surface area contributed by atoms with Gasteiger partial charge in [-0.05, 0) is 43.5 Å². The molecule has 1 aromatic carbocycles. The van der Waals surface area contributed by atoms with E-state index < -0.39 is 23.8 Å². The monoisotopic (exact) mass is 533 g/mol. The number of unbranched alkanes of at least 4 members (excludes halogenated alkanes) is 2. The van der Waals surface area contributed by atoms with E-state index in [0.717, 1.165) is 34.1 Å². The van der Waals surface area contributed by atoms with E-state index in [1.165, 1.54) is 24.3 Å². The molecular formula is C25H24ClNO8S. The van der Waals surface area contributed by atoms with Gasteiger partial charge in [-0.2, -0.15) is 0 Å². The summed E-state index contributed by atoms with van der Waals surface area (Å²) in [5.41, 5.74) is 0.173. The van der Waals surface area contributed by atoms with Gasteiger partial charge < -0.3 is 19.1 Å². The van der Waals surface area contributed by atoms with Crippen LogP contribution < -0.4 is 10.4 Å². The molecule has 1 atom stereocenters. The molecule has 0 spiro atoms. The molecule has 0 bridgehead atoms. The largest absolute Gasteiger partial charge is 0.425 e. The van der Waals surface area contributed by atoms with Crippen molar-refractivity contribution in [2.24, 2.45) is 0 Å². The molecule has 4 rings (SSSR count). The Morgan fingerprint density at radius 2 is 2.00 bits per heavy atom. The van der Waals surface area contributed by atoms with Crippen molar-refractivity contribution in [2.75, 3.05) is 0 Å². The highest BCUT2D eigenvalue weighted by molar-refractivity contribution is 7.15. The maximum atomic E-state index is 12.6. The predicted octanol–water partition coefficient (Wildman–Crippen LogP) is 4.60. The second-order valence-corrected chi connectivity index (χ2v) is 9.97. The lowest BCUT2D eigenvalue weighted by atomic mass is 10.1. The van der Waals surface area contributed by atoms with Crippen LogP contribution >= 0.6 is 22.9 Å². The molecule has 2 aromatic heterocycles. The first-order valence-electron chi connectivity index (χ1n) is 11.5. The molecule has 0 saturated carbocycles. The van der Waals surface area contributed by atoms with Crippen LogP contribution in [0.2, 0.25) is 5.02 Å². The number of benzene rings is 1. The topological polar surface area (TPSA) is 123 Å². The van der Waals surface area contributed by atoms with E-state index in [4.69, 9.17) is 25.6 Å². The van der Waals surface area contributed by atoms with Crippen molar-refractivity contribution in [3.63, 3.8) is 0 Å². The molecule has 36 heavy (non-hydrogen) atoms. The Bertz CT molecular complexity index is 1360. The number of carbonyl (C=O) groups excluding carboxylic acids is 3. The summed E-state index contributed by atoms with van der Waals surface area (Å²) in [5, 5.41) is 11.2. The lowest BCUT2D eigenvalue weighted by Crippen LogP contribution is -2.35. The summed E-state index contributed by atoms with van der Waals surface area (Å²) in [7, 11) is 0. The molecule has 11 heteroatoms. The van der Waals surface area contributed by atoms with Crippen LogP contribution in [0, 0.1) is 0 Å². The van der Waals surface area contributed by atoms with Crippen molar-refractivity contribution in [3.8, 4) is 16.2 Å². The fraction of sp³-hybridized carbons (Fsp3) is 0.360. The summed E-state index contributed by atoms with van der Waals surface area (Å²) in [6.45, 7) is 1.26. The zero-order valence-electron chi connectivity index (χ0n) is 19.5. The molecule has 0 aliphatic carbocycles. The van der Waals surface area contributed by atoms with Crippen LogP contribution in [0.4, 0.5) is 0 Å². The van der Waals surface area contributed by atoms with E-state index in [0.29, 0.717) is 17.4 Å². The Labute approximate surface area is 215 Å². The molecule has 9 nitrogen and oxygen atoms in total. The van der Waals surface area contributed by atoms with Crippen LogP contribution in [0.5, 0.6) is 5.75 Å². The summed E-state index contributed by atoms with van der Waals surface area (Å²) in [5.74, 6) is -1.33. The van der Waals surface area contributed by atoms with Crippen LogP contribution in [0.3, 0.4) is 0 Å². The van der Waals surface area contributed by atoms with Gasteiger partial charge in [-0.25, -0.2) is 9.59 Å². The number of amides is 1. The number of nitrogens with zero attached hydrogens (tertiary/aromatic N) is 1. The molecule has 3 heterocycles. The smallest absolute Gasteiger partial charge is 0.345 e. The minimum Gasteiger partial charge on any atom is -0.425 e. The summed E-state index contributed by atoms with van der Waals surface area (Å²) in [4.78, 5) is 54.1. The first kappa shape index (κ1) is 25.9. The van der Waals surface area contributed by atoms with Gasteiger partial charge in [0, 0.05) is 47.4 Å². The van der Waals surface area contributed by atoms with Gasteiger partial charge in [-0.1, -0.05) is 18.0 Å². The number of ether oxygens (including phenoxy) is 1. The second kappa shape index (κ2) is 11.2. The Kier molecular flexibility index (Phi) is 8.07. The fourth-order valence-electron chi connectivity index (χ4n) is 3.84. The third-order valence-corrected chi connectivity index (χ3v) is 7.08. The van der Waals surface area contributed by atoms with E-state index in [1.807, 2.05) is 12.1 Å². The van der Waals surface area contributed by atoms with E-state index in [1.54, 1.807) is 12.1 Å². The van der Waals surface area contributed by atoms with E-state index in [9.17, 15) is 24.3 Å². The maximum Gasteiger partial charge on any atom is 0.345 e. The highest BCUT2D eigenvalue weighted by Crippen LogP contribution is 2.33. The highest BCUT2D eigenvalue weighted by atomic mass is 35.5. The van der Waals surface area contributed by atoms with Crippen molar-refractivity contribution < 1.29 is 33.5 Å². The zero-order chi connectivity index (χ0) is 25.8. The SMILES string of the molecule is CC(=O)Oc1cc2oc(=O)c(-c3ccc(CCCCCC(=O)ON4C(=O)CCC4O)s3)cc2cc1Cl. The number of hydrogen-bond acceptors (Lipinski definition) is 9. The number of aliphatic hydroxyl groups is 1. The summed E-state index contributed by atoms with van der Waals surface area (Å²) >= 11 is 7.68. The summed E-state index contributed by atoms with van der Waals surface area (Å²) in [6, 6.07) is 8.53. The summed E-state index contributed by atoms with van der Waals surface area (Å²) in [6.07, 6.45) is 2.52. The van der Waals surface area contributed by atoms with Crippen molar-refractivity contribution in [2.45, 2.75) is 58.1 Å². The van der Waals surface area contributed by atoms with Gasteiger partial charge in [0.25, 0.3) is 5.91 Å². The zero-order valence-corrected chi connectivity index (χ0v) is 21.0. The van der Waals surface area contributed by atoms with Crippen LogP contribution in [-0.2, 0) is 25.6 Å². The third kappa shape index (κ3) is 6.13. The van der Waals surface area contributed by atoms with Gasteiger partial charge >= 0.3 is 17.6 Å². The third-order valence-electron chi connectivity index (χ3n) is 5.60. The predicted molar refractivity (Wildman–Crippen MR) is 132 cm³/mol. The number of hydroxylamine groups is 2. The number of rotatable bonds is 9. The van der Waals surface area contributed by atoms with Crippen molar-refractivity contribution in [3.05, 3.63) is 50.7 Å². The number of aryl methyl sites for hydroxylation is 1. The first-order chi connectivity index (χ1) is 17.2. The van der Waals surface area contributed by atoms with Gasteiger partial charge in [0.05, 0.1) is 10.6 Å². The lowest BCUT2D eigenvalue weighted by Gasteiger charge is -2.18. The number of aliphatic hydroxyl groups excluding tert-OH is 1. The van der Waals surface area contributed by atoms with Crippen LogP contribution in [0.25, 0.3) is 21.4 Å². The number of halogens is 1. The van der Waals surface area contributed by atoms with Crippen molar-refractivity contribution >= 4 is 51.8 Å². The molecule has 1 aliphatic rings. The first-order valence-corrected chi connectivity index (χ1v) is 12.7. The van der Waals surface area contributed by atoms with Crippen molar-refractivity contribution in [1.29, 1.82) is 0 Å². The molecule has 1 amide bonds. The Hall–Kier alpha value is -3.21. The van der Waals surface area contributed by atoms with Gasteiger partial charge in [0.15, 0.2) is 12.0 Å². The molecule has 1 fully saturated rings. The van der Waals surface area contributed by atoms with E-state index >= 15 is 0 Å².